The molecule has 1 unspecified atom stereocenters. The van der Waals surface area contributed by atoms with Crippen molar-refractivity contribution in [2.45, 2.75) is 33.4 Å². The van der Waals surface area contributed by atoms with Crippen molar-refractivity contribution in [1.82, 2.24) is 15.1 Å². The molecule has 24 heavy (non-hydrogen) atoms. The summed E-state index contributed by atoms with van der Waals surface area (Å²) < 4.78 is 1.32. The van der Waals surface area contributed by atoms with Crippen LogP contribution >= 0.6 is 23.2 Å². The average Bonchev–Trinajstić information content (AvgIpc) is 2.75. The molecule has 0 aliphatic heterocycles. The third kappa shape index (κ3) is 3.85. The molecule has 0 aliphatic rings. The lowest BCUT2D eigenvalue weighted by Crippen LogP contribution is -2.30. The number of nitrogens with one attached hydrogen (secondary N) is 1. The molecule has 2 rings (SSSR count). The van der Waals surface area contributed by atoms with Gasteiger partial charge >= 0.3 is 5.69 Å². The van der Waals surface area contributed by atoms with Crippen LogP contribution < -0.4 is 5.32 Å². The summed E-state index contributed by atoms with van der Waals surface area (Å²) in [6, 6.07) is 4.82. The maximum atomic E-state index is 12.2. The lowest BCUT2D eigenvalue weighted by molar-refractivity contribution is -0.386. The Morgan fingerprint density at radius 2 is 2.04 bits per heavy atom. The molecular formula is C15H16Cl2N4O3. The number of aromatic nitrogens is 2. The first-order chi connectivity index (χ1) is 11.2. The fraction of sp³-hybridized carbons (Fsp3) is 0.333. The fourth-order valence-electron chi connectivity index (χ4n) is 2.39. The zero-order valence-corrected chi connectivity index (χ0v) is 14.9. The number of carbonyl (C=O) groups is 1. The Morgan fingerprint density at radius 1 is 1.38 bits per heavy atom. The van der Waals surface area contributed by atoms with E-state index in [1.54, 1.807) is 32.0 Å². The van der Waals surface area contributed by atoms with E-state index in [0.29, 0.717) is 15.7 Å². The number of aryl methyl sites for hydroxylation is 1. The van der Waals surface area contributed by atoms with E-state index >= 15 is 0 Å². The molecule has 128 valence electrons. The lowest BCUT2D eigenvalue weighted by Gasteiger charge is -2.15. The number of rotatable bonds is 5. The SMILES string of the molecule is Cc1nn(CC(=O)NC(C)c2ccc(Cl)c(Cl)c2)c(C)c1[N+](=O)[O-]. The van der Waals surface area contributed by atoms with Crippen LogP contribution in [0, 0.1) is 24.0 Å². The van der Waals surface area contributed by atoms with Crippen LogP contribution in [0.2, 0.25) is 10.0 Å². The second-order valence-corrected chi connectivity index (χ2v) is 6.21. The summed E-state index contributed by atoms with van der Waals surface area (Å²) >= 11 is 11.8. The number of carbonyl (C=O) groups excluding carboxylic acids is 1. The normalized spacial score (nSPS) is 12.0. The van der Waals surface area contributed by atoms with Crippen LogP contribution in [-0.2, 0) is 11.3 Å². The van der Waals surface area contributed by atoms with E-state index in [4.69, 9.17) is 23.2 Å². The lowest BCUT2D eigenvalue weighted by atomic mass is 10.1. The standard InChI is InChI=1S/C15H16Cl2N4O3/c1-8(11-4-5-12(16)13(17)6-11)18-14(22)7-20-10(3)15(21(23)24)9(2)19-20/h4-6,8H,7H2,1-3H3,(H,18,22). The van der Waals surface area contributed by atoms with E-state index in [9.17, 15) is 14.9 Å². The number of nitro groups is 1. The van der Waals surface area contributed by atoms with Gasteiger partial charge in [0.1, 0.15) is 17.9 Å². The molecule has 7 nitrogen and oxygen atoms in total. The highest BCUT2D eigenvalue weighted by atomic mass is 35.5. The minimum absolute atomic E-state index is 0.0691. The van der Waals surface area contributed by atoms with Gasteiger partial charge in [0.15, 0.2) is 0 Å². The topological polar surface area (TPSA) is 90.1 Å². The molecule has 0 saturated heterocycles. The summed E-state index contributed by atoms with van der Waals surface area (Å²) in [5.74, 6) is -0.311. The molecule has 1 N–H and O–H groups in total. The van der Waals surface area contributed by atoms with Gasteiger partial charge in [-0.1, -0.05) is 29.3 Å². The molecule has 0 spiro atoms. The van der Waals surface area contributed by atoms with E-state index in [0.717, 1.165) is 5.56 Å². The summed E-state index contributed by atoms with van der Waals surface area (Å²) in [7, 11) is 0. The van der Waals surface area contributed by atoms with Gasteiger partial charge in [-0.2, -0.15) is 5.10 Å². The van der Waals surface area contributed by atoms with Crippen molar-refractivity contribution >= 4 is 34.8 Å². The molecule has 1 heterocycles. The van der Waals surface area contributed by atoms with E-state index in [2.05, 4.69) is 10.4 Å². The Bertz CT molecular complexity index is 804. The highest BCUT2D eigenvalue weighted by Gasteiger charge is 2.23. The van der Waals surface area contributed by atoms with Crippen LogP contribution in [0.15, 0.2) is 18.2 Å². The minimum atomic E-state index is -0.496. The maximum absolute atomic E-state index is 12.2. The molecule has 0 aliphatic carbocycles. The second-order valence-electron chi connectivity index (χ2n) is 5.40. The third-order valence-corrected chi connectivity index (χ3v) is 4.38. The minimum Gasteiger partial charge on any atom is -0.348 e. The highest BCUT2D eigenvalue weighted by Crippen LogP contribution is 2.25. The van der Waals surface area contributed by atoms with Gasteiger partial charge in [0.2, 0.25) is 5.91 Å². The fourth-order valence-corrected chi connectivity index (χ4v) is 2.70. The maximum Gasteiger partial charge on any atom is 0.312 e. The van der Waals surface area contributed by atoms with E-state index < -0.39 is 4.92 Å². The van der Waals surface area contributed by atoms with Crippen molar-refractivity contribution in [3.8, 4) is 0 Å². The summed E-state index contributed by atoms with van der Waals surface area (Å²) in [6.45, 7) is 4.80. The first-order valence-electron chi connectivity index (χ1n) is 7.13. The van der Waals surface area contributed by atoms with E-state index in [-0.39, 0.29) is 29.9 Å². The van der Waals surface area contributed by atoms with Crippen LogP contribution in [0.3, 0.4) is 0 Å². The monoisotopic (exact) mass is 370 g/mol. The first-order valence-corrected chi connectivity index (χ1v) is 7.89. The quantitative estimate of drug-likeness (QED) is 0.642. The van der Waals surface area contributed by atoms with Gasteiger partial charge in [-0.15, -0.1) is 0 Å². The van der Waals surface area contributed by atoms with Crippen molar-refractivity contribution in [3.05, 3.63) is 55.3 Å². The number of benzene rings is 1. The molecule has 0 fully saturated rings. The second kappa shape index (κ2) is 7.19. The van der Waals surface area contributed by atoms with Crippen molar-refractivity contribution in [2.75, 3.05) is 0 Å². The van der Waals surface area contributed by atoms with Crippen molar-refractivity contribution in [1.29, 1.82) is 0 Å². The number of amides is 1. The number of hydrogen-bond donors (Lipinski definition) is 1. The van der Waals surface area contributed by atoms with Crippen LogP contribution in [0.25, 0.3) is 0 Å². The van der Waals surface area contributed by atoms with Crippen molar-refractivity contribution in [2.24, 2.45) is 0 Å². The number of hydrogen-bond acceptors (Lipinski definition) is 4. The molecule has 0 radical (unpaired) electrons. The van der Waals surface area contributed by atoms with Gasteiger partial charge in [-0.05, 0) is 38.5 Å². The predicted molar refractivity (Wildman–Crippen MR) is 91.4 cm³/mol. The van der Waals surface area contributed by atoms with E-state index in [1.165, 1.54) is 11.6 Å². The predicted octanol–water partition coefficient (Wildman–Crippen LogP) is 3.59. The van der Waals surface area contributed by atoms with Crippen molar-refractivity contribution < 1.29 is 9.72 Å². The first kappa shape index (κ1) is 18.2. The van der Waals surface area contributed by atoms with Gasteiger partial charge in [0.05, 0.1) is 21.0 Å². The highest BCUT2D eigenvalue weighted by molar-refractivity contribution is 6.42. The summed E-state index contributed by atoms with van der Waals surface area (Å²) in [5, 5.41) is 18.7. The Balaban J connectivity index is 2.09. The zero-order valence-electron chi connectivity index (χ0n) is 13.3. The van der Waals surface area contributed by atoms with Gasteiger partial charge in [-0.25, -0.2) is 0 Å². The summed E-state index contributed by atoms with van der Waals surface area (Å²) in [6.07, 6.45) is 0. The Hall–Kier alpha value is -2.12. The van der Waals surface area contributed by atoms with E-state index in [1.807, 2.05) is 0 Å². The smallest absolute Gasteiger partial charge is 0.312 e. The van der Waals surface area contributed by atoms with Crippen molar-refractivity contribution in [3.63, 3.8) is 0 Å². The Morgan fingerprint density at radius 3 is 2.58 bits per heavy atom. The van der Waals surface area contributed by atoms with Crippen LogP contribution in [-0.4, -0.2) is 20.6 Å². The Kier molecular flexibility index (Phi) is 5.46. The van der Waals surface area contributed by atoms with Gasteiger partial charge in [0.25, 0.3) is 0 Å². The number of halogens is 2. The molecule has 1 amide bonds. The largest absolute Gasteiger partial charge is 0.348 e. The van der Waals surface area contributed by atoms with Gasteiger partial charge in [0, 0.05) is 0 Å². The molecule has 9 heteroatoms. The molecule has 0 saturated carbocycles. The summed E-state index contributed by atoms with van der Waals surface area (Å²) in [4.78, 5) is 22.7. The van der Waals surface area contributed by atoms with Crippen LogP contribution in [0.5, 0.6) is 0 Å². The average molecular weight is 371 g/mol. The Labute approximate surface area is 148 Å². The molecule has 2 aromatic rings. The van der Waals surface area contributed by atoms with Gasteiger partial charge < -0.3 is 5.32 Å². The zero-order chi connectivity index (χ0) is 18.0. The van der Waals surface area contributed by atoms with Crippen LogP contribution in [0.4, 0.5) is 5.69 Å². The molecule has 1 aromatic heterocycles. The third-order valence-electron chi connectivity index (χ3n) is 3.64. The molecule has 0 bridgehead atoms. The van der Waals surface area contributed by atoms with Gasteiger partial charge in [-0.3, -0.25) is 19.6 Å². The molecule has 1 atom stereocenters. The van der Waals surface area contributed by atoms with Crippen LogP contribution in [0.1, 0.15) is 29.9 Å². The molecule has 1 aromatic carbocycles. The number of nitrogens with zero attached hydrogens (tertiary/aromatic N) is 3. The molecular weight excluding hydrogens is 355 g/mol. The summed E-state index contributed by atoms with van der Waals surface area (Å²) in [5.41, 5.74) is 1.36.